The molecule has 0 fully saturated rings. The van der Waals surface area contributed by atoms with Crippen molar-refractivity contribution in [3.05, 3.63) is 29.8 Å². The van der Waals surface area contributed by atoms with Crippen LogP contribution in [-0.2, 0) is 10.2 Å². The molecule has 4 N–H and O–H groups in total. The number of anilines is 1. The number of aliphatic hydroxyl groups excluding tert-OH is 1. The molecule has 6 heteroatoms. The van der Waals surface area contributed by atoms with E-state index in [1.807, 2.05) is 24.3 Å². The van der Waals surface area contributed by atoms with E-state index in [1.54, 1.807) is 0 Å². The van der Waals surface area contributed by atoms with Crippen LogP contribution in [-0.4, -0.2) is 34.9 Å². The third kappa shape index (κ3) is 5.43. The Bertz CT molecular complexity index is 509. The van der Waals surface area contributed by atoms with Crippen LogP contribution in [0.4, 0.5) is 10.5 Å². The Labute approximate surface area is 124 Å². The maximum absolute atomic E-state index is 11.8. The van der Waals surface area contributed by atoms with Gasteiger partial charge in [-0.15, -0.1) is 0 Å². The molecule has 0 radical (unpaired) electrons. The van der Waals surface area contributed by atoms with Gasteiger partial charge in [-0.1, -0.05) is 39.0 Å². The van der Waals surface area contributed by atoms with Gasteiger partial charge in [0.15, 0.2) is 6.10 Å². The van der Waals surface area contributed by atoms with E-state index in [0.717, 1.165) is 5.56 Å². The average Bonchev–Trinajstić information content (AvgIpc) is 2.37. The van der Waals surface area contributed by atoms with Gasteiger partial charge in [0, 0.05) is 18.7 Å². The number of carbonyl (C=O) groups excluding carboxylic acids is 1. The number of benzene rings is 1. The normalized spacial score (nSPS) is 12.6. The van der Waals surface area contributed by atoms with E-state index in [9.17, 15) is 9.59 Å². The Morgan fingerprint density at radius 3 is 2.43 bits per heavy atom. The summed E-state index contributed by atoms with van der Waals surface area (Å²) in [4.78, 5) is 22.2. The maximum atomic E-state index is 11.8. The first-order valence-corrected chi connectivity index (χ1v) is 6.77. The van der Waals surface area contributed by atoms with Gasteiger partial charge in [-0.3, -0.25) is 0 Å². The number of nitrogens with one attached hydrogen (secondary N) is 2. The van der Waals surface area contributed by atoms with Crippen molar-refractivity contribution < 1.29 is 19.8 Å². The van der Waals surface area contributed by atoms with E-state index < -0.39 is 18.1 Å². The van der Waals surface area contributed by atoms with E-state index in [0.29, 0.717) is 5.69 Å². The zero-order chi connectivity index (χ0) is 16.0. The van der Waals surface area contributed by atoms with E-state index in [1.165, 1.54) is 0 Å². The minimum atomic E-state index is -1.47. The average molecular weight is 294 g/mol. The minimum Gasteiger partial charge on any atom is -0.479 e. The number of aliphatic hydroxyl groups is 1. The van der Waals surface area contributed by atoms with E-state index >= 15 is 0 Å². The third-order valence-electron chi connectivity index (χ3n) is 2.97. The van der Waals surface area contributed by atoms with Crippen LogP contribution in [0.2, 0.25) is 0 Å². The third-order valence-corrected chi connectivity index (χ3v) is 2.97. The molecule has 0 aromatic heterocycles. The zero-order valence-electron chi connectivity index (χ0n) is 12.5. The van der Waals surface area contributed by atoms with Crippen LogP contribution in [0.5, 0.6) is 0 Å². The monoisotopic (exact) mass is 294 g/mol. The van der Waals surface area contributed by atoms with E-state index in [-0.39, 0.29) is 18.4 Å². The quantitative estimate of drug-likeness (QED) is 0.667. The second kappa shape index (κ2) is 7.08. The van der Waals surface area contributed by atoms with Crippen molar-refractivity contribution in [2.45, 2.75) is 38.7 Å². The Balaban J connectivity index is 2.58. The number of para-hydroxylation sites is 1. The molecule has 6 nitrogen and oxygen atoms in total. The summed E-state index contributed by atoms with van der Waals surface area (Å²) in [5.74, 6) is -1.30. The van der Waals surface area contributed by atoms with Crippen molar-refractivity contribution in [3.8, 4) is 0 Å². The van der Waals surface area contributed by atoms with Crippen molar-refractivity contribution >= 4 is 17.7 Å². The van der Waals surface area contributed by atoms with E-state index in [2.05, 4.69) is 31.4 Å². The Morgan fingerprint density at radius 1 is 1.24 bits per heavy atom. The summed E-state index contributed by atoms with van der Waals surface area (Å²) >= 11 is 0. The Kier molecular flexibility index (Phi) is 5.72. The predicted octanol–water partition coefficient (Wildman–Crippen LogP) is 1.94. The van der Waals surface area contributed by atoms with Crippen LogP contribution in [0.15, 0.2) is 24.3 Å². The second-order valence-corrected chi connectivity index (χ2v) is 5.82. The summed E-state index contributed by atoms with van der Waals surface area (Å²) in [5.41, 5.74) is 1.61. The molecule has 1 atom stereocenters. The smallest absolute Gasteiger partial charge is 0.332 e. The summed E-state index contributed by atoms with van der Waals surface area (Å²) in [5, 5.41) is 22.9. The van der Waals surface area contributed by atoms with Gasteiger partial charge in [-0.05, 0) is 17.0 Å². The lowest BCUT2D eigenvalue weighted by Crippen LogP contribution is -2.33. The molecule has 1 aromatic carbocycles. The first-order valence-electron chi connectivity index (χ1n) is 6.77. The standard InChI is InChI=1S/C15H22N2O4/c1-15(2,3)10-6-4-5-7-11(10)17-14(21)16-9-8-12(18)13(19)20/h4-7,12,18H,8-9H2,1-3H3,(H,19,20)(H2,16,17,21)/t12-/m0/s1. The van der Waals surface area contributed by atoms with Crippen molar-refractivity contribution in [1.29, 1.82) is 0 Å². The van der Waals surface area contributed by atoms with Crippen LogP contribution in [0, 0.1) is 0 Å². The van der Waals surface area contributed by atoms with Crippen molar-refractivity contribution in [2.24, 2.45) is 0 Å². The molecular weight excluding hydrogens is 272 g/mol. The van der Waals surface area contributed by atoms with Crippen molar-refractivity contribution in [1.82, 2.24) is 5.32 Å². The van der Waals surface area contributed by atoms with Gasteiger partial charge >= 0.3 is 12.0 Å². The topological polar surface area (TPSA) is 98.7 Å². The molecule has 2 amide bonds. The summed E-state index contributed by atoms with van der Waals surface area (Å²) in [6.07, 6.45) is -1.50. The van der Waals surface area contributed by atoms with Gasteiger partial charge in [-0.2, -0.15) is 0 Å². The SMILES string of the molecule is CC(C)(C)c1ccccc1NC(=O)NCC[C@H](O)C(=O)O. The van der Waals surface area contributed by atoms with Crippen molar-refractivity contribution in [3.63, 3.8) is 0 Å². The highest BCUT2D eigenvalue weighted by Crippen LogP contribution is 2.29. The molecule has 0 heterocycles. The lowest BCUT2D eigenvalue weighted by atomic mass is 9.86. The molecule has 0 aliphatic carbocycles. The predicted molar refractivity (Wildman–Crippen MR) is 80.4 cm³/mol. The van der Waals surface area contributed by atoms with Gasteiger partial charge in [-0.25, -0.2) is 9.59 Å². The molecule has 21 heavy (non-hydrogen) atoms. The first kappa shape index (κ1) is 17.0. The maximum Gasteiger partial charge on any atom is 0.332 e. The molecule has 0 aliphatic heterocycles. The molecule has 116 valence electrons. The highest BCUT2D eigenvalue weighted by molar-refractivity contribution is 5.90. The van der Waals surface area contributed by atoms with Gasteiger partial charge < -0.3 is 20.8 Å². The van der Waals surface area contributed by atoms with Gasteiger partial charge in [0.05, 0.1) is 0 Å². The number of hydrogen-bond acceptors (Lipinski definition) is 3. The van der Waals surface area contributed by atoms with Crippen LogP contribution in [0.3, 0.4) is 0 Å². The number of amides is 2. The first-order chi connectivity index (χ1) is 9.71. The second-order valence-electron chi connectivity index (χ2n) is 5.82. The van der Waals surface area contributed by atoms with E-state index in [4.69, 9.17) is 10.2 Å². The fourth-order valence-corrected chi connectivity index (χ4v) is 1.86. The summed E-state index contributed by atoms with van der Waals surface area (Å²) in [7, 11) is 0. The number of urea groups is 1. The molecule has 0 saturated heterocycles. The number of rotatable bonds is 5. The fourth-order valence-electron chi connectivity index (χ4n) is 1.86. The highest BCUT2D eigenvalue weighted by atomic mass is 16.4. The van der Waals surface area contributed by atoms with Gasteiger partial charge in [0.1, 0.15) is 0 Å². The molecule has 0 saturated carbocycles. The lowest BCUT2D eigenvalue weighted by molar-refractivity contribution is -0.146. The molecule has 0 bridgehead atoms. The van der Waals surface area contributed by atoms with Crippen LogP contribution >= 0.6 is 0 Å². The number of hydrogen-bond donors (Lipinski definition) is 4. The molecule has 0 unspecified atom stereocenters. The molecule has 0 aliphatic rings. The summed E-state index contributed by atoms with van der Waals surface area (Å²) in [6, 6.07) is 7.08. The minimum absolute atomic E-state index is 0.0380. The molecule has 1 rings (SSSR count). The number of carboxylic acid groups (broad SMARTS) is 1. The lowest BCUT2D eigenvalue weighted by Gasteiger charge is -2.23. The number of carbonyl (C=O) groups is 2. The molecular formula is C15H22N2O4. The van der Waals surface area contributed by atoms with Crippen LogP contribution in [0.1, 0.15) is 32.8 Å². The number of carboxylic acids is 1. The summed E-state index contributed by atoms with van der Waals surface area (Å²) in [6.45, 7) is 6.23. The Morgan fingerprint density at radius 2 is 1.86 bits per heavy atom. The largest absolute Gasteiger partial charge is 0.479 e. The summed E-state index contributed by atoms with van der Waals surface area (Å²) < 4.78 is 0. The Hall–Kier alpha value is -2.08. The van der Waals surface area contributed by atoms with Crippen LogP contribution in [0.25, 0.3) is 0 Å². The van der Waals surface area contributed by atoms with Crippen molar-refractivity contribution in [2.75, 3.05) is 11.9 Å². The highest BCUT2D eigenvalue weighted by Gasteiger charge is 2.18. The van der Waals surface area contributed by atoms with Crippen LogP contribution < -0.4 is 10.6 Å². The molecule has 0 spiro atoms. The van der Waals surface area contributed by atoms with Gasteiger partial charge in [0.2, 0.25) is 0 Å². The van der Waals surface area contributed by atoms with Gasteiger partial charge in [0.25, 0.3) is 0 Å². The zero-order valence-corrected chi connectivity index (χ0v) is 12.5. The fraction of sp³-hybridized carbons (Fsp3) is 0.467. The molecule has 1 aromatic rings. The number of aliphatic carboxylic acids is 1.